The summed E-state index contributed by atoms with van der Waals surface area (Å²) < 4.78 is 14.9. The minimum atomic E-state index is -0.535. The number of pyridine rings is 1. The van der Waals surface area contributed by atoms with Gasteiger partial charge in [-0.25, -0.2) is 14.6 Å². The number of nitrogens with one attached hydrogen (secondary N) is 1. The highest BCUT2D eigenvalue weighted by atomic mass is 32.2. The van der Waals surface area contributed by atoms with Crippen LogP contribution in [-0.2, 0) is 9.47 Å². The third kappa shape index (κ3) is 6.77. The molecule has 0 aliphatic carbocycles. The first-order valence-electron chi connectivity index (χ1n) is 6.99. The lowest BCUT2D eigenvalue weighted by molar-refractivity contribution is 0.0529. The molecule has 1 heterocycles. The van der Waals surface area contributed by atoms with Gasteiger partial charge in [0.2, 0.25) is 0 Å². The zero-order valence-electron chi connectivity index (χ0n) is 14.0. The van der Waals surface area contributed by atoms with Crippen molar-refractivity contribution < 1.29 is 23.8 Å². The van der Waals surface area contributed by atoms with Gasteiger partial charge in [-0.2, -0.15) is 0 Å². The summed E-state index contributed by atoms with van der Waals surface area (Å²) in [5.41, 5.74) is -0.207. The van der Waals surface area contributed by atoms with E-state index in [2.05, 4.69) is 10.3 Å². The van der Waals surface area contributed by atoms with Crippen molar-refractivity contribution >= 4 is 23.8 Å². The van der Waals surface area contributed by atoms with Crippen LogP contribution in [-0.4, -0.2) is 49.2 Å². The molecule has 0 aliphatic heterocycles. The van der Waals surface area contributed by atoms with Crippen molar-refractivity contribution in [2.75, 3.05) is 26.5 Å². The predicted molar refractivity (Wildman–Crippen MR) is 87.1 cm³/mol. The Morgan fingerprint density at radius 3 is 2.57 bits per heavy atom. The number of thioether (sulfide) groups is 1. The quantitative estimate of drug-likeness (QED) is 0.483. The molecule has 23 heavy (non-hydrogen) atoms. The minimum absolute atomic E-state index is 0.328. The Bertz CT molecular complexity index is 557. The van der Waals surface area contributed by atoms with Gasteiger partial charge in [0.15, 0.2) is 0 Å². The number of alkyl carbamates (subject to hydrolysis) is 1. The number of rotatable bonds is 6. The van der Waals surface area contributed by atoms with Crippen molar-refractivity contribution in [3.8, 4) is 5.75 Å². The van der Waals surface area contributed by atoms with E-state index < -0.39 is 17.7 Å². The van der Waals surface area contributed by atoms with Crippen molar-refractivity contribution in [3.63, 3.8) is 0 Å². The number of ether oxygens (including phenoxy) is 3. The normalized spacial score (nSPS) is 10.8. The Labute approximate surface area is 140 Å². The lowest BCUT2D eigenvalue weighted by Crippen LogP contribution is -2.33. The van der Waals surface area contributed by atoms with Crippen LogP contribution in [0.4, 0.5) is 4.79 Å². The largest absolute Gasteiger partial charge is 0.495 e. The Balaban J connectivity index is 2.57. The number of amides is 1. The van der Waals surface area contributed by atoms with E-state index in [4.69, 9.17) is 14.2 Å². The monoisotopic (exact) mass is 342 g/mol. The maximum Gasteiger partial charge on any atom is 0.407 e. The second-order valence-electron chi connectivity index (χ2n) is 5.50. The van der Waals surface area contributed by atoms with Gasteiger partial charge in [0.05, 0.1) is 26.0 Å². The number of nitrogens with zero attached hydrogens (tertiary/aromatic N) is 1. The molecule has 1 rings (SSSR count). The molecule has 0 unspecified atom stereocenters. The molecular weight excluding hydrogens is 320 g/mol. The molecular formula is C15H22N2O5S. The summed E-state index contributed by atoms with van der Waals surface area (Å²) in [4.78, 5) is 27.5. The Hall–Kier alpha value is -1.96. The highest BCUT2D eigenvalue weighted by Gasteiger charge is 2.17. The van der Waals surface area contributed by atoms with E-state index >= 15 is 0 Å². The van der Waals surface area contributed by atoms with Crippen LogP contribution in [0, 0.1) is 0 Å². The van der Waals surface area contributed by atoms with E-state index in [-0.39, 0.29) is 0 Å². The maximum atomic E-state index is 11.8. The third-order valence-corrected chi connectivity index (χ3v) is 3.48. The number of carbonyl (C=O) groups excluding carboxylic acids is 2. The summed E-state index contributed by atoms with van der Waals surface area (Å²) in [5, 5.41) is 3.16. The van der Waals surface area contributed by atoms with Gasteiger partial charge in [-0.1, -0.05) is 0 Å². The van der Waals surface area contributed by atoms with Gasteiger partial charge < -0.3 is 19.5 Å². The van der Waals surface area contributed by atoms with Gasteiger partial charge in [0, 0.05) is 12.3 Å². The van der Waals surface area contributed by atoms with Crippen LogP contribution in [0.15, 0.2) is 17.3 Å². The number of carbonyl (C=O) groups is 2. The van der Waals surface area contributed by atoms with Crippen LogP contribution in [0.2, 0.25) is 0 Å². The van der Waals surface area contributed by atoms with Gasteiger partial charge >= 0.3 is 12.1 Å². The first-order chi connectivity index (χ1) is 10.8. The number of esters is 1. The fourth-order valence-corrected chi connectivity index (χ4v) is 2.35. The first kappa shape index (κ1) is 19.1. The number of methoxy groups -OCH3 is 2. The van der Waals surface area contributed by atoms with E-state index in [1.165, 1.54) is 32.2 Å². The summed E-state index contributed by atoms with van der Waals surface area (Å²) in [6.07, 6.45) is 1.05. The summed E-state index contributed by atoms with van der Waals surface area (Å²) in [6.45, 7) is 5.77. The molecule has 1 amide bonds. The lowest BCUT2D eigenvalue weighted by atomic mass is 10.2. The van der Waals surface area contributed by atoms with Crippen LogP contribution in [0.3, 0.4) is 0 Å². The Morgan fingerprint density at radius 2 is 2.00 bits per heavy atom. The van der Waals surface area contributed by atoms with Crippen LogP contribution in [0.5, 0.6) is 5.75 Å². The van der Waals surface area contributed by atoms with Crippen LogP contribution >= 0.6 is 11.8 Å². The molecule has 1 aromatic rings. The average Bonchev–Trinajstić information content (AvgIpc) is 2.49. The van der Waals surface area contributed by atoms with Gasteiger partial charge in [-0.05, 0) is 26.8 Å². The molecule has 1 N–H and O–H groups in total. The van der Waals surface area contributed by atoms with Crippen molar-refractivity contribution in [1.82, 2.24) is 10.3 Å². The van der Waals surface area contributed by atoms with Crippen LogP contribution < -0.4 is 10.1 Å². The highest BCUT2D eigenvalue weighted by Crippen LogP contribution is 2.24. The predicted octanol–water partition coefficient (Wildman–Crippen LogP) is 2.49. The van der Waals surface area contributed by atoms with E-state index in [1.807, 2.05) is 0 Å². The molecule has 0 atom stereocenters. The molecule has 0 saturated heterocycles. The Morgan fingerprint density at radius 1 is 1.30 bits per heavy atom. The molecule has 7 nitrogen and oxygen atoms in total. The fourth-order valence-electron chi connectivity index (χ4n) is 1.53. The van der Waals surface area contributed by atoms with Crippen molar-refractivity contribution in [3.05, 3.63) is 17.8 Å². The summed E-state index contributed by atoms with van der Waals surface area (Å²) in [6, 6.07) is 1.57. The SMILES string of the molecule is COC(=O)c1cc(OC)cnc1SCCNC(=O)OC(C)(C)C. The molecule has 8 heteroatoms. The Kier molecular flexibility index (Phi) is 7.15. The van der Waals surface area contributed by atoms with E-state index in [1.54, 1.807) is 26.8 Å². The number of hydrogen-bond acceptors (Lipinski definition) is 7. The van der Waals surface area contributed by atoms with Crippen molar-refractivity contribution in [2.45, 2.75) is 31.4 Å². The zero-order chi connectivity index (χ0) is 17.5. The average molecular weight is 342 g/mol. The fraction of sp³-hybridized carbons (Fsp3) is 0.533. The maximum absolute atomic E-state index is 11.8. The highest BCUT2D eigenvalue weighted by molar-refractivity contribution is 7.99. The topological polar surface area (TPSA) is 86.8 Å². The molecule has 0 saturated carbocycles. The van der Waals surface area contributed by atoms with Crippen molar-refractivity contribution in [1.29, 1.82) is 0 Å². The summed E-state index contributed by atoms with van der Waals surface area (Å²) in [5.74, 6) is 0.517. The summed E-state index contributed by atoms with van der Waals surface area (Å²) in [7, 11) is 2.80. The van der Waals surface area contributed by atoms with Gasteiger partial charge in [0.1, 0.15) is 16.4 Å². The minimum Gasteiger partial charge on any atom is -0.495 e. The van der Waals surface area contributed by atoms with Gasteiger partial charge in [-0.3, -0.25) is 0 Å². The standard InChI is InChI=1S/C15H22N2O5S/c1-15(2,3)22-14(19)16-6-7-23-12-11(13(18)21-5)8-10(20-4)9-17-12/h8-9H,6-7H2,1-5H3,(H,16,19). The molecule has 128 valence electrons. The number of hydrogen-bond donors (Lipinski definition) is 1. The van der Waals surface area contributed by atoms with E-state index in [0.717, 1.165) is 0 Å². The van der Waals surface area contributed by atoms with Crippen LogP contribution in [0.1, 0.15) is 31.1 Å². The summed E-state index contributed by atoms with van der Waals surface area (Å²) >= 11 is 1.33. The third-order valence-electron chi connectivity index (χ3n) is 2.48. The molecule has 0 bridgehead atoms. The van der Waals surface area contributed by atoms with Gasteiger partial charge in [-0.15, -0.1) is 11.8 Å². The van der Waals surface area contributed by atoms with E-state index in [9.17, 15) is 9.59 Å². The second-order valence-corrected chi connectivity index (χ2v) is 6.58. The van der Waals surface area contributed by atoms with Crippen LogP contribution in [0.25, 0.3) is 0 Å². The second kappa shape index (κ2) is 8.61. The number of aromatic nitrogens is 1. The molecule has 0 aliphatic rings. The molecule has 0 radical (unpaired) electrons. The van der Waals surface area contributed by atoms with Gasteiger partial charge in [0.25, 0.3) is 0 Å². The van der Waals surface area contributed by atoms with Crippen molar-refractivity contribution in [2.24, 2.45) is 0 Å². The smallest absolute Gasteiger partial charge is 0.407 e. The molecule has 0 spiro atoms. The first-order valence-corrected chi connectivity index (χ1v) is 7.97. The zero-order valence-corrected chi connectivity index (χ0v) is 14.8. The molecule has 1 aromatic heterocycles. The lowest BCUT2D eigenvalue weighted by Gasteiger charge is -2.19. The molecule has 0 fully saturated rings. The van der Waals surface area contributed by atoms with E-state index in [0.29, 0.717) is 28.6 Å². The molecule has 0 aromatic carbocycles.